The third-order valence-corrected chi connectivity index (χ3v) is 3.11. The zero-order valence-electron chi connectivity index (χ0n) is 8.02. The highest BCUT2D eigenvalue weighted by molar-refractivity contribution is 7.14. The molecule has 3 nitrogen and oxygen atoms in total. The van der Waals surface area contributed by atoms with Gasteiger partial charge >= 0.3 is 0 Å². The van der Waals surface area contributed by atoms with E-state index in [0.29, 0.717) is 0 Å². The van der Waals surface area contributed by atoms with Gasteiger partial charge in [-0.05, 0) is 6.92 Å². The average molecular weight is 256 g/mol. The molecule has 0 atom stereocenters. The van der Waals surface area contributed by atoms with Crippen LogP contribution in [0.2, 0.25) is 0 Å². The van der Waals surface area contributed by atoms with Gasteiger partial charge in [0.15, 0.2) is 0 Å². The molecule has 82 valence electrons. The predicted octanol–water partition coefficient (Wildman–Crippen LogP) is 1.70. The quantitative estimate of drug-likeness (QED) is 0.829. The van der Waals surface area contributed by atoms with Crippen LogP contribution < -0.4 is 10.2 Å². The average Bonchev–Trinajstić information content (AvgIpc) is 2.53. The first kappa shape index (κ1) is 14.0. The molecule has 14 heavy (non-hydrogen) atoms. The molecule has 1 saturated heterocycles. The second-order valence-corrected chi connectivity index (χ2v) is 3.81. The van der Waals surface area contributed by atoms with Crippen LogP contribution in [-0.2, 0) is 0 Å². The molecule has 1 aliphatic heterocycles. The van der Waals surface area contributed by atoms with Gasteiger partial charge in [-0.3, -0.25) is 0 Å². The van der Waals surface area contributed by atoms with Crippen LogP contribution in [0.4, 0.5) is 5.00 Å². The first-order chi connectivity index (χ1) is 5.88. The first-order valence-corrected chi connectivity index (χ1v) is 5.11. The minimum Gasteiger partial charge on any atom is -0.359 e. The van der Waals surface area contributed by atoms with E-state index < -0.39 is 0 Å². The number of nitrogens with zero attached hydrogens (tertiary/aromatic N) is 2. The summed E-state index contributed by atoms with van der Waals surface area (Å²) in [5.41, 5.74) is 3.09. The molecule has 0 aromatic carbocycles. The molecule has 2 heterocycles. The smallest absolute Gasteiger partial charge is 0.114 e. The molecule has 1 fully saturated rings. The third kappa shape index (κ3) is 2.98. The Kier molecular flexibility index (Phi) is 6.44. The maximum atomic E-state index is 4.25. The number of rotatable bonds is 1. The van der Waals surface area contributed by atoms with Crippen LogP contribution in [0.3, 0.4) is 0 Å². The lowest BCUT2D eigenvalue weighted by molar-refractivity contribution is 0.591. The molecule has 2 rings (SSSR count). The van der Waals surface area contributed by atoms with Gasteiger partial charge in [0.25, 0.3) is 0 Å². The van der Waals surface area contributed by atoms with Crippen molar-refractivity contribution in [3.05, 3.63) is 11.2 Å². The van der Waals surface area contributed by atoms with E-state index in [0.717, 1.165) is 26.2 Å². The summed E-state index contributed by atoms with van der Waals surface area (Å²) in [6.45, 7) is 6.49. The summed E-state index contributed by atoms with van der Waals surface area (Å²) in [4.78, 5) is 6.65. The Bertz CT molecular complexity index is 261. The van der Waals surface area contributed by atoms with Gasteiger partial charge in [0.05, 0.1) is 11.2 Å². The van der Waals surface area contributed by atoms with Crippen molar-refractivity contribution in [1.29, 1.82) is 0 Å². The molecule has 0 amide bonds. The number of nitrogens with one attached hydrogen (secondary N) is 1. The van der Waals surface area contributed by atoms with Gasteiger partial charge in [-0.15, -0.1) is 36.2 Å². The Morgan fingerprint density at radius 2 is 2.00 bits per heavy atom. The number of thiazole rings is 1. The Morgan fingerprint density at radius 1 is 1.36 bits per heavy atom. The Morgan fingerprint density at radius 3 is 2.50 bits per heavy atom. The van der Waals surface area contributed by atoms with Crippen molar-refractivity contribution in [3.8, 4) is 0 Å². The summed E-state index contributed by atoms with van der Waals surface area (Å²) < 4.78 is 0. The summed E-state index contributed by atoms with van der Waals surface area (Å²) in [6, 6.07) is 0. The molecular weight excluding hydrogens is 241 g/mol. The fourth-order valence-corrected chi connectivity index (χ4v) is 2.33. The highest BCUT2D eigenvalue weighted by Crippen LogP contribution is 2.24. The Labute approximate surface area is 101 Å². The summed E-state index contributed by atoms with van der Waals surface area (Å²) >= 11 is 1.74. The maximum absolute atomic E-state index is 4.25. The fraction of sp³-hybridized carbons (Fsp3) is 0.625. The molecule has 1 aromatic rings. The molecule has 1 N–H and O–H groups in total. The van der Waals surface area contributed by atoms with Crippen LogP contribution in [0, 0.1) is 6.92 Å². The zero-order valence-corrected chi connectivity index (χ0v) is 10.5. The number of halogens is 2. The SMILES string of the molecule is Cc1ncsc1N1CCNCC1.Cl.Cl. The summed E-state index contributed by atoms with van der Waals surface area (Å²) in [5, 5.41) is 4.68. The summed E-state index contributed by atoms with van der Waals surface area (Å²) in [6.07, 6.45) is 0. The molecule has 0 spiro atoms. The molecule has 1 aliphatic rings. The van der Waals surface area contributed by atoms with Crippen molar-refractivity contribution in [2.45, 2.75) is 6.92 Å². The monoisotopic (exact) mass is 255 g/mol. The van der Waals surface area contributed by atoms with Crippen molar-refractivity contribution in [2.75, 3.05) is 31.1 Å². The van der Waals surface area contributed by atoms with Gasteiger partial charge in [-0.25, -0.2) is 4.98 Å². The molecule has 0 saturated carbocycles. The van der Waals surface area contributed by atoms with Crippen LogP contribution in [0.25, 0.3) is 0 Å². The maximum Gasteiger partial charge on any atom is 0.114 e. The van der Waals surface area contributed by atoms with Gasteiger partial charge in [0, 0.05) is 26.2 Å². The van der Waals surface area contributed by atoms with Gasteiger partial charge in [0.1, 0.15) is 5.00 Å². The molecule has 0 unspecified atom stereocenters. The zero-order chi connectivity index (χ0) is 8.39. The lowest BCUT2D eigenvalue weighted by Crippen LogP contribution is -2.43. The van der Waals surface area contributed by atoms with Gasteiger partial charge in [-0.2, -0.15) is 0 Å². The number of piperazine rings is 1. The van der Waals surface area contributed by atoms with Gasteiger partial charge in [0.2, 0.25) is 0 Å². The molecule has 0 radical (unpaired) electrons. The molecular formula is C8H15Cl2N3S. The Hall–Kier alpha value is -0.0300. The fourth-order valence-electron chi connectivity index (χ4n) is 1.47. The summed E-state index contributed by atoms with van der Waals surface area (Å²) in [5.74, 6) is 0. The van der Waals surface area contributed by atoms with Crippen LogP contribution in [0.1, 0.15) is 5.69 Å². The number of aryl methyl sites for hydroxylation is 1. The van der Waals surface area contributed by atoms with E-state index in [4.69, 9.17) is 0 Å². The highest BCUT2D eigenvalue weighted by atomic mass is 35.5. The number of aromatic nitrogens is 1. The number of hydrogen-bond acceptors (Lipinski definition) is 4. The van der Waals surface area contributed by atoms with Crippen molar-refractivity contribution in [3.63, 3.8) is 0 Å². The second-order valence-electron chi connectivity index (χ2n) is 2.98. The van der Waals surface area contributed by atoms with Gasteiger partial charge < -0.3 is 10.2 Å². The summed E-state index contributed by atoms with van der Waals surface area (Å²) in [7, 11) is 0. The van der Waals surface area contributed by atoms with E-state index in [2.05, 4.69) is 22.1 Å². The molecule has 1 aromatic heterocycles. The van der Waals surface area contributed by atoms with E-state index >= 15 is 0 Å². The highest BCUT2D eigenvalue weighted by Gasteiger charge is 2.13. The number of anilines is 1. The van der Waals surface area contributed by atoms with Crippen LogP contribution in [0.5, 0.6) is 0 Å². The number of hydrogen-bond donors (Lipinski definition) is 1. The van der Waals surface area contributed by atoms with E-state index in [1.165, 1.54) is 10.7 Å². The standard InChI is InChI=1S/C8H13N3S.2ClH/c1-7-8(12-6-10-7)11-4-2-9-3-5-11;;/h6,9H,2-5H2,1H3;2*1H. The predicted molar refractivity (Wildman–Crippen MR) is 66.4 cm³/mol. The first-order valence-electron chi connectivity index (χ1n) is 4.23. The lowest BCUT2D eigenvalue weighted by Gasteiger charge is -2.28. The Balaban J connectivity index is 0.000000845. The molecule has 6 heteroatoms. The van der Waals surface area contributed by atoms with Crippen molar-refractivity contribution in [2.24, 2.45) is 0 Å². The van der Waals surface area contributed by atoms with E-state index in [1.807, 2.05) is 5.51 Å². The topological polar surface area (TPSA) is 28.2 Å². The molecule has 0 bridgehead atoms. The minimum absolute atomic E-state index is 0. The van der Waals surface area contributed by atoms with E-state index in [1.54, 1.807) is 11.3 Å². The normalized spacial score (nSPS) is 15.6. The molecule has 0 aliphatic carbocycles. The third-order valence-electron chi connectivity index (χ3n) is 2.12. The second kappa shape index (κ2) is 6.45. The van der Waals surface area contributed by atoms with Gasteiger partial charge in [-0.1, -0.05) is 0 Å². The van der Waals surface area contributed by atoms with Crippen molar-refractivity contribution in [1.82, 2.24) is 10.3 Å². The van der Waals surface area contributed by atoms with E-state index in [-0.39, 0.29) is 24.8 Å². The van der Waals surface area contributed by atoms with E-state index in [9.17, 15) is 0 Å². The van der Waals surface area contributed by atoms with Crippen molar-refractivity contribution < 1.29 is 0 Å². The lowest BCUT2D eigenvalue weighted by atomic mass is 10.3. The van der Waals surface area contributed by atoms with Crippen LogP contribution in [0.15, 0.2) is 5.51 Å². The van der Waals surface area contributed by atoms with Crippen molar-refractivity contribution >= 4 is 41.2 Å². The van der Waals surface area contributed by atoms with Crippen LogP contribution >= 0.6 is 36.2 Å². The minimum atomic E-state index is 0. The van der Waals surface area contributed by atoms with Crippen LogP contribution in [-0.4, -0.2) is 31.2 Å². The largest absolute Gasteiger partial charge is 0.359 e.